The molecular formula is C28H52N10O8. The topological polar surface area (TPSA) is 297 Å². The van der Waals surface area contributed by atoms with Crippen LogP contribution >= 0.6 is 0 Å². The number of nitrogens with zero attached hydrogens (tertiary/aromatic N) is 2. The lowest BCUT2D eigenvalue weighted by Crippen LogP contribution is -2.59. The van der Waals surface area contributed by atoms with E-state index in [0.717, 1.165) is 0 Å². The van der Waals surface area contributed by atoms with Crippen molar-refractivity contribution in [3.05, 3.63) is 0 Å². The van der Waals surface area contributed by atoms with Gasteiger partial charge in [0.25, 0.3) is 0 Å². The van der Waals surface area contributed by atoms with Gasteiger partial charge in [-0.3, -0.25) is 33.8 Å². The normalized spacial score (nSPS) is 17.5. The van der Waals surface area contributed by atoms with Crippen molar-refractivity contribution in [1.82, 2.24) is 31.5 Å². The predicted octanol–water partition coefficient (Wildman–Crippen LogP) is -3.81. The van der Waals surface area contributed by atoms with Gasteiger partial charge in [0.1, 0.15) is 36.3 Å². The quantitative estimate of drug-likeness (QED) is 0.0323. The zero-order valence-corrected chi connectivity index (χ0v) is 26.9. The van der Waals surface area contributed by atoms with Gasteiger partial charge in [0.05, 0.1) is 6.61 Å². The van der Waals surface area contributed by atoms with Gasteiger partial charge in [0.2, 0.25) is 29.5 Å². The number of likely N-dealkylation sites (tertiary alicyclic amines) is 1. The summed E-state index contributed by atoms with van der Waals surface area (Å²) in [5.41, 5.74) is 16.4. The molecule has 18 nitrogen and oxygen atoms in total. The zero-order chi connectivity index (χ0) is 34.8. The number of likely N-dealkylation sites (N-methyl/N-ethyl adjacent to an activating group) is 1. The highest BCUT2D eigenvalue weighted by Crippen LogP contribution is 2.19. The average Bonchev–Trinajstić information content (AvgIpc) is 3.51. The summed E-state index contributed by atoms with van der Waals surface area (Å²) in [6.07, 6.45) is 2.65. The summed E-state index contributed by atoms with van der Waals surface area (Å²) in [6, 6.07) is -6.25. The average molecular weight is 657 g/mol. The van der Waals surface area contributed by atoms with Gasteiger partial charge >= 0.3 is 5.97 Å². The smallest absolute Gasteiger partial charge is 0.325 e. The van der Waals surface area contributed by atoms with Gasteiger partial charge in [-0.1, -0.05) is 6.92 Å². The van der Waals surface area contributed by atoms with E-state index in [4.69, 9.17) is 22.3 Å². The first kappa shape index (κ1) is 40.0. The number of aliphatic carboxylic acids is 1. The fourth-order valence-corrected chi connectivity index (χ4v) is 4.87. The molecule has 13 N–H and O–H groups in total. The maximum absolute atomic E-state index is 13.6. The van der Waals surface area contributed by atoms with Crippen LogP contribution in [0, 0.1) is 0 Å². The molecule has 0 unspecified atom stereocenters. The summed E-state index contributed by atoms with van der Waals surface area (Å²) in [6.45, 7) is 3.29. The number of carbonyl (C=O) groups excluding carboxylic acids is 5. The predicted molar refractivity (Wildman–Crippen MR) is 169 cm³/mol. The summed E-state index contributed by atoms with van der Waals surface area (Å²) < 4.78 is 0. The molecule has 6 atom stereocenters. The van der Waals surface area contributed by atoms with Crippen LogP contribution in [0.1, 0.15) is 65.2 Å². The molecular weight excluding hydrogens is 604 g/mol. The number of aliphatic imine (C=N–C) groups is 1. The third kappa shape index (κ3) is 13.1. The van der Waals surface area contributed by atoms with Crippen LogP contribution in [0.4, 0.5) is 0 Å². The van der Waals surface area contributed by atoms with E-state index in [-0.39, 0.29) is 38.2 Å². The Labute approximate surface area is 269 Å². The Kier molecular flexibility index (Phi) is 18.2. The molecule has 262 valence electrons. The summed E-state index contributed by atoms with van der Waals surface area (Å²) in [5.74, 6) is -4.45. The highest BCUT2D eigenvalue weighted by Gasteiger charge is 2.38. The van der Waals surface area contributed by atoms with Crippen LogP contribution < -0.4 is 43.8 Å². The second kappa shape index (κ2) is 20.9. The first-order valence-electron chi connectivity index (χ1n) is 15.6. The second-order valence-electron chi connectivity index (χ2n) is 11.1. The van der Waals surface area contributed by atoms with Crippen LogP contribution in [0.25, 0.3) is 0 Å². The largest absolute Gasteiger partial charge is 0.480 e. The van der Waals surface area contributed by atoms with Crippen molar-refractivity contribution >= 4 is 41.5 Å². The van der Waals surface area contributed by atoms with E-state index < -0.39 is 78.4 Å². The second-order valence-corrected chi connectivity index (χ2v) is 11.1. The van der Waals surface area contributed by atoms with Crippen molar-refractivity contribution < 1.29 is 39.0 Å². The molecule has 1 fully saturated rings. The molecule has 1 aliphatic heterocycles. The maximum Gasteiger partial charge on any atom is 0.325 e. The number of carbonyl (C=O) groups is 6. The lowest BCUT2D eigenvalue weighted by Gasteiger charge is -2.29. The van der Waals surface area contributed by atoms with E-state index in [1.165, 1.54) is 18.9 Å². The standard InChI is InChI=1S/C28H52N10O8/c1-4-17(22(40)34-16(2)27(45)46)35-23(41)19(10-7-13-33-28(30)31)36-24(42)18(9-5-6-12-29)37-25(43)21-11-8-14-38(21)26(44)20(15-39)32-3/h16-21,32,39H,4-15,29H2,1-3H3,(H,34,40)(H,35,41)(H,36,42)(H,37,43)(H,45,46)(H4,30,31,33)/t16-,17-,18-,19-,20-,21-/m0/s1. The van der Waals surface area contributed by atoms with Crippen LogP contribution in [0.2, 0.25) is 0 Å². The minimum atomic E-state index is -1.25. The molecule has 0 bridgehead atoms. The van der Waals surface area contributed by atoms with E-state index in [0.29, 0.717) is 38.8 Å². The minimum absolute atomic E-state index is 0.0683. The Morgan fingerprint density at radius 1 is 0.891 bits per heavy atom. The molecule has 46 heavy (non-hydrogen) atoms. The van der Waals surface area contributed by atoms with Gasteiger partial charge in [-0.2, -0.15) is 0 Å². The third-order valence-corrected chi connectivity index (χ3v) is 7.60. The van der Waals surface area contributed by atoms with E-state index in [9.17, 15) is 33.9 Å². The maximum atomic E-state index is 13.6. The molecule has 0 aliphatic carbocycles. The third-order valence-electron chi connectivity index (χ3n) is 7.60. The minimum Gasteiger partial charge on any atom is -0.480 e. The van der Waals surface area contributed by atoms with Crippen LogP contribution in [0.3, 0.4) is 0 Å². The number of guanidine groups is 1. The summed E-state index contributed by atoms with van der Waals surface area (Å²) in [4.78, 5) is 82.3. The van der Waals surface area contributed by atoms with E-state index in [1.54, 1.807) is 6.92 Å². The highest BCUT2D eigenvalue weighted by molar-refractivity contribution is 5.96. The molecule has 5 amide bonds. The molecule has 0 aromatic carbocycles. The zero-order valence-electron chi connectivity index (χ0n) is 26.9. The Hall–Kier alpha value is -4.03. The van der Waals surface area contributed by atoms with Gasteiger partial charge in [0.15, 0.2) is 5.96 Å². The van der Waals surface area contributed by atoms with Crippen molar-refractivity contribution in [3.8, 4) is 0 Å². The van der Waals surface area contributed by atoms with Crippen molar-refractivity contribution in [2.75, 3.05) is 33.3 Å². The van der Waals surface area contributed by atoms with Crippen molar-refractivity contribution in [3.63, 3.8) is 0 Å². The number of rotatable bonds is 21. The Morgan fingerprint density at radius 3 is 2.02 bits per heavy atom. The number of nitrogens with two attached hydrogens (primary N) is 3. The molecule has 1 rings (SSSR count). The van der Waals surface area contributed by atoms with Gasteiger partial charge < -0.3 is 58.9 Å². The molecule has 0 saturated carbocycles. The highest BCUT2D eigenvalue weighted by atomic mass is 16.4. The summed E-state index contributed by atoms with van der Waals surface area (Å²) in [7, 11) is 1.53. The summed E-state index contributed by atoms with van der Waals surface area (Å²) >= 11 is 0. The number of carboxylic acids is 1. The van der Waals surface area contributed by atoms with Crippen LogP contribution in [0.5, 0.6) is 0 Å². The SMILES string of the molecule is CC[C@H](NC(=O)[C@H](CCCN=C(N)N)NC(=O)[C@H](CCCCN)NC(=O)[C@@H]1CCCN1C(=O)[C@H](CO)NC)C(=O)N[C@@H](C)C(=O)O. The van der Waals surface area contributed by atoms with Crippen LogP contribution in [-0.4, -0.2) is 126 Å². The molecule has 0 spiro atoms. The number of aliphatic hydroxyl groups excluding tert-OH is 1. The van der Waals surface area contributed by atoms with Gasteiger partial charge in [-0.25, -0.2) is 0 Å². The molecule has 1 heterocycles. The van der Waals surface area contributed by atoms with E-state index in [2.05, 4.69) is 31.6 Å². The molecule has 1 aliphatic rings. The number of nitrogens with one attached hydrogen (secondary N) is 5. The molecule has 0 radical (unpaired) electrons. The molecule has 1 saturated heterocycles. The first-order valence-corrected chi connectivity index (χ1v) is 15.6. The molecule has 18 heteroatoms. The van der Waals surface area contributed by atoms with Crippen LogP contribution in [-0.2, 0) is 28.8 Å². The van der Waals surface area contributed by atoms with Gasteiger partial charge in [-0.05, 0) is 71.9 Å². The van der Waals surface area contributed by atoms with Crippen molar-refractivity contribution in [2.45, 2.75) is 101 Å². The van der Waals surface area contributed by atoms with E-state index in [1.807, 2.05) is 0 Å². The fourth-order valence-electron chi connectivity index (χ4n) is 4.87. The lowest BCUT2D eigenvalue weighted by molar-refractivity contribution is -0.142. The number of aliphatic hydroxyl groups is 1. The number of hydrogen-bond acceptors (Lipinski definition) is 10. The van der Waals surface area contributed by atoms with Gasteiger partial charge in [-0.15, -0.1) is 0 Å². The monoisotopic (exact) mass is 656 g/mol. The van der Waals surface area contributed by atoms with Gasteiger partial charge in [0, 0.05) is 13.1 Å². The first-order chi connectivity index (χ1) is 21.8. The Morgan fingerprint density at radius 2 is 1.48 bits per heavy atom. The van der Waals surface area contributed by atoms with Crippen molar-refractivity contribution in [1.29, 1.82) is 0 Å². The molecule has 0 aromatic rings. The number of hydrogen-bond donors (Lipinski definition) is 10. The van der Waals surface area contributed by atoms with Crippen LogP contribution in [0.15, 0.2) is 4.99 Å². The lowest BCUT2D eigenvalue weighted by atomic mass is 10.0. The summed E-state index contributed by atoms with van der Waals surface area (Å²) in [5, 5.41) is 31.7. The van der Waals surface area contributed by atoms with Crippen molar-refractivity contribution in [2.24, 2.45) is 22.2 Å². The number of carboxylic acid groups (broad SMARTS) is 1. The fraction of sp³-hybridized carbons (Fsp3) is 0.750. The number of unbranched alkanes of at least 4 members (excludes halogenated alkanes) is 1. The van der Waals surface area contributed by atoms with E-state index >= 15 is 0 Å². The molecule has 0 aromatic heterocycles. The number of amides is 5. The Bertz CT molecular complexity index is 1070. The Balaban J connectivity index is 3.16.